The molecule has 0 aliphatic carbocycles. The van der Waals surface area contributed by atoms with Gasteiger partial charge in [0.25, 0.3) is 10.0 Å². The summed E-state index contributed by atoms with van der Waals surface area (Å²) in [7, 11) is -4.01. The molecule has 0 aromatic heterocycles. The van der Waals surface area contributed by atoms with Crippen LogP contribution in [0.15, 0.2) is 52.5 Å². The predicted octanol–water partition coefficient (Wildman–Crippen LogP) is 4.83. The summed E-state index contributed by atoms with van der Waals surface area (Å²) in [5.74, 6) is -0.0145. The summed E-state index contributed by atoms with van der Waals surface area (Å²) in [6.07, 6.45) is 0.998. The molecule has 134 valence electrons. The lowest BCUT2D eigenvalue weighted by atomic mass is 10.1. The van der Waals surface area contributed by atoms with Gasteiger partial charge in [-0.25, -0.2) is 4.39 Å². The molecule has 0 atom stereocenters. The number of hydrogen-bond donors (Lipinski definition) is 1. The lowest BCUT2D eigenvalue weighted by molar-refractivity contribution is 0.584. The Hall–Kier alpha value is -1.34. The van der Waals surface area contributed by atoms with E-state index >= 15 is 0 Å². The molecule has 0 bridgehead atoms. The number of hydrogen-bond acceptors (Lipinski definition) is 3. The van der Waals surface area contributed by atoms with Gasteiger partial charge in [0.05, 0.1) is 10.7 Å². The molecule has 9 heteroatoms. The van der Waals surface area contributed by atoms with E-state index in [-0.39, 0.29) is 14.9 Å². The van der Waals surface area contributed by atoms with Gasteiger partial charge in [-0.15, -0.1) is 11.6 Å². The van der Waals surface area contributed by atoms with Crippen molar-refractivity contribution >= 4 is 50.5 Å². The first-order valence-corrected chi connectivity index (χ1v) is 9.96. The molecule has 0 amide bonds. The number of alkyl halides is 1. The molecule has 0 radical (unpaired) electrons. The number of benzene rings is 2. The Morgan fingerprint density at radius 1 is 1.12 bits per heavy atom. The Morgan fingerprint density at radius 3 is 2.44 bits per heavy atom. The van der Waals surface area contributed by atoms with E-state index < -0.39 is 15.8 Å². The largest absolute Gasteiger partial charge is 0.278 e. The van der Waals surface area contributed by atoms with E-state index in [4.69, 9.17) is 34.8 Å². The van der Waals surface area contributed by atoms with E-state index in [2.05, 4.69) is 9.93 Å². The van der Waals surface area contributed by atoms with Crippen LogP contribution in [0.3, 0.4) is 0 Å². The van der Waals surface area contributed by atoms with Crippen LogP contribution in [0.2, 0.25) is 10.0 Å². The van der Waals surface area contributed by atoms with Crippen LogP contribution in [0.1, 0.15) is 18.4 Å². The third-order valence-corrected chi connectivity index (χ3v) is 5.40. The second-order valence-electron chi connectivity index (χ2n) is 5.03. The van der Waals surface area contributed by atoms with Gasteiger partial charge in [0.2, 0.25) is 0 Å². The topological polar surface area (TPSA) is 58.5 Å². The second kappa shape index (κ2) is 8.85. The van der Waals surface area contributed by atoms with Crippen LogP contribution >= 0.6 is 34.8 Å². The van der Waals surface area contributed by atoms with Gasteiger partial charge in [0.1, 0.15) is 10.7 Å². The fraction of sp³-hybridized carbons (Fsp3) is 0.188. The molecule has 0 fully saturated rings. The zero-order valence-electron chi connectivity index (χ0n) is 12.8. The van der Waals surface area contributed by atoms with Crippen molar-refractivity contribution in [1.82, 2.24) is 4.83 Å². The van der Waals surface area contributed by atoms with Gasteiger partial charge in [0, 0.05) is 10.9 Å². The monoisotopic (exact) mass is 422 g/mol. The summed E-state index contributed by atoms with van der Waals surface area (Å²) in [6, 6.07) is 9.68. The molecule has 0 saturated heterocycles. The molecule has 0 aliphatic rings. The molecule has 1 N–H and O–H groups in total. The van der Waals surface area contributed by atoms with Crippen LogP contribution in [0, 0.1) is 5.82 Å². The van der Waals surface area contributed by atoms with Gasteiger partial charge in [0.15, 0.2) is 0 Å². The third-order valence-electron chi connectivity index (χ3n) is 3.21. The standard InChI is InChI=1S/C16H14Cl3FN2O2S/c17-9-1-2-15(11-3-6-13(20)7-4-11)21-22-25(23,24)16-10-12(18)5-8-14(16)19/h3-8,10,22H,1-2,9H2. The van der Waals surface area contributed by atoms with Gasteiger partial charge in [-0.2, -0.15) is 18.4 Å². The van der Waals surface area contributed by atoms with Gasteiger partial charge >= 0.3 is 0 Å². The Labute approximate surface area is 160 Å². The zero-order valence-corrected chi connectivity index (χ0v) is 15.9. The summed E-state index contributed by atoms with van der Waals surface area (Å²) in [4.78, 5) is 1.97. The molecule has 0 spiro atoms. The molecular formula is C16H14Cl3FN2O2S. The average molecular weight is 424 g/mol. The fourth-order valence-corrected chi connectivity index (χ4v) is 3.72. The van der Waals surface area contributed by atoms with Crippen molar-refractivity contribution in [2.75, 3.05) is 5.88 Å². The van der Waals surface area contributed by atoms with Crippen LogP contribution in [0.25, 0.3) is 0 Å². The van der Waals surface area contributed by atoms with Crippen molar-refractivity contribution < 1.29 is 12.8 Å². The summed E-state index contributed by atoms with van der Waals surface area (Å²) < 4.78 is 37.9. The highest BCUT2D eigenvalue weighted by Crippen LogP contribution is 2.24. The quantitative estimate of drug-likeness (QED) is 0.394. The zero-order chi connectivity index (χ0) is 18.4. The maximum Gasteiger partial charge on any atom is 0.278 e. The number of halogens is 4. The van der Waals surface area contributed by atoms with Crippen LogP contribution < -0.4 is 4.83 Å². The lowest BCUT2D eigenvalue weighted by Gasteiger charge is -2.09. The maximum absolute atomic E-state index is 13.1. The normalized spacial score (nSPS) is 12.2. The molecule has 25 heavy (non-hydrogen) atoms. The van der Waals surface area contributed by atoms with E-state index in [1.54, 1.807) is 0 Å². The first-order chi connectivity index (χ1) is 11.8. The number of hydrazone groups is 1. The molecule has 0 saturated carbocycles. The fourth-order valence-electron chi connectivity index (χ4n) is 1.99. The summed E-state index contributed by atoms with van der Waals surface area (Å²) in [6.45, 7) is 0. The lowest BCUT2D eigenvalue weighted by Crippen LogP contribution is -2.21. The minimum atomic E-state index is -4.01. The number of rotatable bonds is 7. The first-order valence-electron chi connectivity index (χ1n) is 7.19. The van der Waals surface area contributed by atoms with Crippen molar-refractivity contribution in [1.29, 1.82) is 0 Å². The average Bonchev–Trinajstić information content (AvgIpc) is 2.58. The van der Waals surface area contributed by atoms with Gasteiger partial charge in [-0.05, 0) is 48.7 Å². The van der Waals surface area contributed by atoms with E-state index in [1.165, 1.54) is 42.5 Å². The smallest absolute Gasteiger partial charge is 0.207 e. The molecule has 4 nitrogen and oxygen atoms in total. The van der Waals surface area contributed by atoms with E-state index in [0.29, 0.717) is 30.0 Å². The number of sulfonamides is 1. The number of nitrogens with one attached hydrogen (secondary N) is 1. The summed E-state index contributed by atoms with van der Waals surface area (Å²) >= 11 is 17.5. The molecule has 0 aliphatic heterocycles. The molecule has 2 aromatic rings. The van der Waals surface area contributed by atoms with E-state index in [0.717, 1.165) is 0 Å². The predicted molar refractivity (Wildman–Crippen MR) is 99.7 cm³/mol. The minimum Gasteiger partial charge on any atom is -0.207 e. The van der Waals surface area contributed by atoms with E-state index in [9.17, 15) is 12.8 Å². The van der Waals surface area contributed by atoms with Crippen LogP contribution in [0.4, 0.5) is 4.39 Å². The maximum atomic E-state index is 13.1. The highest BCUT2D eigenvalue weighted by atomic mass is 35.5. The number of nitrogens with zero attached hydrogens (tertiary/aromatic N) is 1. The van der Waals surface area contributed by atoms with Crippen LogP contribution in [0.5, 0.6) is 0 Å². The first kappa shape index (κ1) is 20.0. The molecule has 0 heterocycles. The summed E-state index contributed by atoms with van der Waals surface area (Å²) in [5.41, 5.74) is 1.02. The second-order valence-corrected chi connectivity index (χ2v) is 7.88. The molecule has 2 rings (SSSR count). The third kappa shape index (κ3) is 5.57. The Kier molecular flexibility index (Phi) is 7.07. The molecular weight excluding hydrogens is 410 g/mol. The van der Waals surface area contributed by atoms with Crippen molar-refractivity contribution in [3.05, 3.63) is 63.9 Å². The SMILES string of the molecule is O=S(=O)(NN=C(CCCCl)c1ccc(F)cc1)c1cc(Cl)ccc1Cl. The van der Waals surface area contributed by atoms with Crippen LogP contribution in [-0.4, -0.2) is 20.0 Å². The highest BCUT2D eigenvalue weighted by Gasteiger charge is 2.18. The van der Waals surface area contributed by atoms with Gasteiger partial charge in [-0.3, -0.25) is 0 Å². The Morgan fingerprint density at radius 2 is 1.80 bits per heavy atom. The highest BCUT2D eigenvalue weighted by molar-refractivity contribution is 7.89. The molecule has 0 unspecified atom stereocenters. The van der Waals surface area contributed by atoms with Gasteiger partial charge < -0.3 is 0 Å². The molecule has 2 aromatic carbocycles. The van der Waals surface area contributed by atoms with E-state index in [1.807, 2.05) is 0 Å². The van der Waals surface area contributed by atoms with Crippen molar-refractivity contribution in [2.24, 2.45) is 5.10 Å². The van der Waals surface area contributed by atoms with Crippen LogP contribution in [-0.2, 0) is 10.0 Å². The Balaban J connectivity index is 2.33. The summed E-state index contributed by atoms with van der Waals surface area (Å²) in [5, 5.41) is 4.23. The van der Waals surface area contributed by atoms with Crippen molar-refractivity contribution in [3.8, 4) is 0 Å². The van der Waals surface area contributed by atoms with Crippen molar-refractivity contribution in [2.45, 2.75) is 17.7 Å². The Bertz CT molecular complexity index is 871. The minimum absolute atomic E-state index is 0.0243. The van der Waals surface area contributed by atoms with Crippen molar-refractivity contribution in [3.63, 3.8) is 0 Å². The van der Waals surface area contributed by atoms with Gasteiger partial charge in [-0.1, -0.05) is 35.3 Å².